The van der Waals surface area contributed by atoms with Crippen molar-refractivity contribution in [3.63, 3.8) is 0 Å². The number of nitrogens with zero attached hydrogens (tertiary/aromatic N) is 2. The molecule has 0 atom stereocenters. The first kappa shape index (κ1) is 9.21. The van der Waals surface area contributed by atoms with Crippen molar-refractivity contribution in [3.05, 3.63) is 11.4 Å². The Morgan fingerprint density at radius 1 is 1.42 bits per heavy atom. The lowest BCUT2D eigenvalue weighted by Crippen LogP contribution is -2.02. The lowest BCUT2D eigenvalue weighted by molar-refractivity contribution is 0.461. The standard InChI is InChI=1S/C6H10N2O3S/c1-4-6(12(9,10)11)5(2)8(3)7-4/h1-3H3,(H,9,10,11)/p-1. The van der Waals surface area contributed by atoms with Gasteiger partial charge in [0.15, 0.2) is 0 Å². The van der Waals surface area contributed by atoms with Crippen molar-refractivity contribution in [1.82, 2.24) is 9.78 Å². The Morgan fingerprint density at radius 3 is 2.08 bits per heavy atom. The van der Waals surface area contributed by atoms with Gasteiger partial charge in [-0.2, -0.15) is 5.10 Å². The van der Waals surface area contributed by atoms with E-state index >= 15 is 0 Å². The quantitative estimate of drug-likeness (QED) is 0.580. The van der Waals surface area contributed by atoms with Gasteiger partial charge in [0, 0.05) is 7.05 Å². The summed E-state index contributed by atoms with van der Waals surface area (Å²) in [5.74, 6) is 0. The number of rotatable bonds is 1. The van der Waals surface area contributed by atoms with E-state index in [0.29, 0.717) is 5.69 Å². The van der Waals surface area contributed by atoms with E-state index in [-0.39, 0.29) is 10.6 Å². The Morgan fingerprint density at radius 2 is 1.92 bits per heavy atom. The maximum Gasteiger partial charge on any atom is 0.128 e. The summed E-state index contributed by atoms with van der Waals surface area (Å²) in [6, 6.07) is 0. The van der Waals surface area contributed by atoms with E-state index in [0.717, 1.165) is 0 Å². The van der Waals surface area contributed by atoms with Crippen LogP contribution in [0, 0.1) is 13.8 Å². The van der Waals surface area contributed by atoms with Gasteiger partial charge in [-0.3, -0.25) is 4.68 Å². The van der Waals surface area contributed by atoms with E-state index < -0.39 is 10.1 Å². The van der Waals surface area contributed by atoms with Crippen molar-refractivity contribution in [2.75, 3.05) is 0 Å². The molecule has 0 aliphatic heterocycles. The third-order valence-corrected chi connectivity index (χ3v) is 2.78. The minimum absolute atomic E-state index is 0.204. The molecule has 0 bridgehead atoms. The normalized spacial score (nSPS) is 12.0. The van der Waals surface area contributed by atoms with E-state index in [9.17, 15) is 13.0 Å². The monoisotopic (exact) mass is 189 g/mol. The van der Waals surface area contributed by atoms with Crippen LogP contribution < -0.4 is 0 Å². The highest BCUT2D eigenvalue weighted by atomic mass is 32.2. The van der Waals surface area contributed by atoms with Crippen LogP contribution in [0.15, 0.2) is 4.90 Å². The van der Waals surface area contributed by atoms with Crippen molar-refractivity contribution in [3.8, 4) is 0 Å². The van der Waals surface area contributed by atoms with Gasteiger partial charge in [0.1, 0.15) is 10.1 Å². The minimum atomic E-state index is -4.38. The van der Waals surface area contributed by atoms with Gasteiger partial charge >= 0.3 is 0 Å². The average Bonchev–Trinajstić information content (AvgIpc) is 2.05. The van der Waals surface area contributed by atoms with Crippen LogP contribution in [0.4, 0.5) is 0 Å². The van der Waals surface area contributed by atoms with Crippen LogP contribution in [0.3, 0.4) is 0 Å². The summed E-state index contributed by atoms with van der Waals surface area (Å²) in [7, 11) is -2.78. The molecule has 0 spiro atoms. The summed E-state index contributed by atoms with van der Waals surface area (Å²) < 4.78 is 33.4. The maximum absolute atomic E-state index is 10.7. The van der Waals surface area contributed by atoms with Crippen LogP contribution in [0.25, 0.3) is 0 Å². The van der Waals surface area contributed by atoms with Gasteiger partial charge in [0.25, 0.3) is 0 Å². The second kappa shape index (κ2) is 2.56. The molecule has 1 rings (SSSR count). The van der Waals surface area contributed by atoms with Gasteiger partial charge in [-0.15, -0.1) is 0 Å². The lowest BCUT2D eigenvalue weighted by Gasteiger charge is -2.06. The molecule has 0 aliphatic rings. The van der Waals surface area contributed by atoms with Crippen molar-refractivity contribution >= 4 is 10.1 Å². The molecule has 0 radical (unpaired) electrons. The summed E-state index contributed by atoms with van der Waals surface area (Å²) in [5.41, 5.74) is 0.632. The molecule has 12 heavy (non-hydrogen) atoms. The molecular formula is C6H9N2O3S-. The Hall–Kier alpha value is -0.880. The number of hydrogen-bond acceptors (Lipinski definition) is 4. The van der Waals surface area contributed by atoms with Crippen LogP contribution >= 0.6 is 0 Å². The van der Waals surface area contributed by atoms with Crippen LogP contribution in [0.1, 0.15) is 11.4 Å². The first-order valence-electron chi connectivity index (χ1n) is 3.30. The summed E-state index contributed by atoms with van der Waals surface area (Å²) in [4.78, 5) is -0.204. The SMILES string of the molecule is Cc1nn(C)c(C)c1S(=O)(=O)[O-]. The number of aryl methyl sites for hydroxylation is 2. The summed E-state index contributed by atoms with van der Waals surface area (Å²) in [5, 5.41) is 3.81. The van der Waals surface area contributed by atoms with Crippen LogP contribution in [-0.4, -0.2) is 22.8 Å². The van der Waals surface area contributed by atoms with Gasteiger partial charge in [-0.25, -0.2) is 8.42 Å². The fourth-order valence-electron chi connectivity index (χ4n) is 1.12. The van der Waals surface area contributed by atoms with E-state index in [1.165, 1.54) is 11.6 Å². The molecule has 1 aromatic rings. The molecule has 0 fully saturated rings. The van der Waals surface area contributed by atoms with Gasteiger partial charge in [0.2, 0.25) is 0 Å². The molecule has 5 nitrogen and oxygen atoms in total. The van der Waals surface area contributed by atoms with Crippen molar-refractivity contribution in [2.45, 2.75) is 18.7 Å². The fraction of sp³-hybridized carbons (Fsp3) is 0.500. The zero-order chi connectivity index (χ0) is 9.52. The number of hydrogen-bond donors (Lipinski definition) is 0. The molecule has 0 aliphatic carbocycles. The third kappa shape index (κ3) is 1.35. The van der Waals surface area contributed by atoms with Crippen LogP contribution in [0.2, 0.25) is 0 Å². The highest BCUT2D eigenvalue weighted by molar-refractivity contribution is 7.85. The second-order valence-electron chi connectivity index (χ2n) is 2.58. The van der Waals surface area contributed by atoms with Gasteiger partial charge < -0.3 is 4.55 Å². The van der Waals surface area contributed by atoms with E-state index in [1.807, 2.05) is 0 Å². The van der Waals surface area contributed by atoms with Crippen molar-refractivity contribution in [1.29, 1.82) is 0 Å². The smallest absolute Gasteiger partial charge is 0.128 e. The highest BCUT2D eigenvalue weighted by Crippen LogP contribution is 2.17. The van der Waals surface area contributed by atoms with Gasteiger partial charge in [-0.1, -0.05) is 0 Å². The van der Waals surface area contributed by atoms with Crippen molar-refractivity contribution < 1.29 is 13.0 Å². The highest BCUT2D eigenvalue weighted by Gasteiger charge is 2.14. The van der Waals surface area contributed by atoms with E-state index in [1.54, 1.807) is 14.0 Å². The van der Waals surface area contributed by atoms with Gasteiger partial charge in [-0.05, 0) is 13.8 Å². The Labute approximate surface area is 70.8 Å². The third-order valence-electron chi connectivity index (χ3n) is 1.69. The Kier molecular flexibility index (Phi) is 1.97. The largest absolute Gasteiger partial charge is 0.744 e. The molecule has 0 N–H and O–H groups in total. The predicted molar refractivity (Wildman–Crippen MR) is 40.6 cm³/mol. The zero-order valence-electron chi connectivity index (χ0n) is 7.03. The van der Waals surface area contributed by atoms with E-state index in [2.05, 4.69) is 5.10 Å². The first-order valence-corrected chi connectivity index (χ1v) is 4.71. The zero-order valence-corrected chi connectivity index (χ0v) is 7.84. The maximum atomic E-state index is 10.7. The summed E-state index contributed by atoms with van der Waals surface area (Å²) in [6.07, 6.45) is 0. The molecule has 1 aromatic heterocycles. The molecular weight excluding hydrogens is 180 g/mol. The number of aromatic nitrogens is 2. The second-order valence-corrected chi connectivity index (χ2v) is 3.89. The van der Waals surface area contributed by atoms with Gasteiger partial charge in [0.05, 0.1) is 16.3 Å². The van der Waals surface area contributed by atoms with Crippen LogP contribution in [-0.2, 0) is 17.2 Å². The fourth-order valence-corrected chi connectivity index (χ4v) is 2.01. The molecule has 0 amide bonds. The van der Waals surface area contributed by atoms with Crippen LogP contribution in [0.5, 0.6) is 0 Å². The summed E-state index contributed by atoms with van der Waals surface area (Å²) >= 11 is 0. The topological polar surface area (TPSA) is 75.0 Å². The van der Waals surface area contributed by atoms with E-state index in [4.69, 9.17) is 0 Å². The molecule has 0 saturated carbocycles. The lowest BCUT2D eigenvalue weighted by atomic mass is 10.4. The first-order chi connectivity index (χ1) is 5.34. The molecule has 6 heteroatoms. The molecule has 1 heterocycles. The Balaban J connectivity index is 3.54. The Bertz CT molecular complexity index is 405. The predicted octanol–water partition coefficient (Wildman–Crippen LogP) is -0.0590. The molecule has 0 aromatic carbocycles. The molecule has 0 saturated heterocycles. The molecule has 0 unspecified atom stereocenters. The minimum Gasteiger partial charge on any atom is -0.744 e. The van der Waals surface area contributed by atoms with Crippen molar-refractivity contribution in [2.24, 2.45) is 7.05 Å². The molecule has 68 valence electrons. The summed E-state index contributed by atoms with van der Waals surface area (Å²) in [6.45, 7) is 3.04. The average molecular weight is 189 g/mol.